The van der Waals surface area contributed by atoms with Crippen molar-refractivity contribution in [1.29, 1.82) is 0 Å². The van der Waals surface area contributed by atoms with Gasteiger partial charge in [-0.2, -0.15) is 0 Å². The lowest BCUT2D eigenvalue weighted by Crippen LogP contribution is -2.00. The first-order chi connectivity index (χ1) is 17.8. The van der Waals surface area contributed by atoms with Crippen molar-refractivity contribution >= 4 is 0 Å². The first-order valence-corrected chi connectivity index (χ1v) is 11.7. The first kappa shape index (κ1) is 21.5. The van der Waals surface area contributed by atoms with E-state index < -0.39 is 0 Å². The molecule has 0 radical (unpaired) electrons. The molecule has 5 heteroatoms. The number of nitrogens with zero attached hydrogens (tertiary/aromatic N) is 5. The molecule has 170 valence electrons. The van der Waals surface area contributed by atoms with E-state index in [0.29, 0.717) is 17.5 Å². The average molecular weight is 464 g/mol. The van der Waals surface area contributed by atoms with Crippen LogP contribution in [0.25, 0.3) is 56.5 Å². The van der Waals surface area contributed by atoms with E-state index in [0.717, 1.165) is 39.1 Å². The van der Waals surface area contributed by atoms with Gasteiger partial charge >= 0.3 is 0 Å². The van der Waals surface area contributed by atoms with Crippen molar-refractivity contribution < 1.29 is 0 Å². The minimum absolute atomic E-state index is 0.634. The summed E-state index contributed by atoms with van der Waals surface area (Å²) < 4.78 is 0. The Balaban J connectivity index is 1.35. The topological polar surface area (TPSA) is 64.5 Å². The van der Waals surface area contributed by atoms with Crippen molar-refractivity contribution in [3.05, 3.63) is 128 Å². The number of hydrogen-bond acceptors (Lipinski definition) is 5. The van der Waals surface area contributed by atoms with Gasteiger partial charge in [0.15, 0.2) is 17.5 Å². The maximum Gasteiger partial charge on any atom is 0.164 e. The van der Waals surface area contributed by atoms with Crippen LogP contribution in [0, 0.1) is 0 Å². The lowest BCUT2D eigenvalue weighted by atomic mass is 10.1. The third kappa shape index (κ3) is 4.50. The summed E-state index contributed by atoms with van der Waals surface area (Å²) in [5.74, 6) is 1.93. The molecule has 0 aliphatic heterocycles. The predicted octanol–water partition coefficient (Wildman–Crippen LogP) is 7.00. The van der Waals surface area contributed by atoms with Crippen LogP contribution in [0.1, 0.15) is 0 Å². The lowest BCUT2D eigenvalue weighted by Gasteiger charge is -2.09. The smallest absolute Gasteiger partial charge is 0.164 e. The quantitative estimate of drug-likeness (QED) is 0.275. The molecule has 0 bridgehead atoms. The molecule has 3 heterocycles. The van der Waals surface area contributed by atoms with E-state index in [4.69, 9.17) is 15.0 Å². The van der Waals surface area contributed by atoms with Gasteiger partial charge < -0.3 is 0 Å². The molecular formula is C31H21N5. The molecule has 0 saturated heterocycles. The number of rotatable bonds is 5. The third-order valence-corrected chi connectivity index (χ3v) is 5.92. The molecule has 3 aromatic carbocycles. The first-order valence-electron chi connectivity index (χ1n) is 11.7. The van der Waals surface area contributed by atoms with Gasteiger partial charge in [-0.05, 0) is 23.8 Å². The van der Waals surface area contributed by atoms with Crippen LogP contribution in [0.2, 0.25) is 0 Å². The van der Waals surface area contributed by atoms with Crippen LogP contribution in [0.15, 0.2) is 128 Å². The van der Waals surface area contributed by atoms with Gasteiger partial charge in [0.2, 0.25) is 0 Å². The van der Waals surface area contributed by atoms with E-state index in [1.807, 2.05) is 97.2 Å². The fourth-order valence-corrected chi connectivity index (χ4v) is 4.01. The predicted molar refractivity (Wildman–Crippen MR) is 143 cm³/mol. The van der Waals surface area contributed by atoms with Crippen LogP contribution >= 0.6 is 0 Å². The molecule has 36 heavy (non-hydrogen) atoms. The highest BCUT2D eigenvalue weighted by atomic mass is 15.0. The van der Waals surface area contributed by atoms with Crippen molar-refractivity contribution in [2.45, 2.75) is 0 Å². The molecule has 0 N–H and O–H groups in total. The van der Waals surface area contributed by atoms with Gasteiger partial charge in [0.25, 0.3) is 0 Å². The van der Waals surface area contributed by atoms with Gasteiger partial charge in [-0.15, -0.1) is 0 Å². The number of hydrogen-bond donors (Lipinski definition) is 0. The maximum absolute atomic E-state index is 4.80. The van der Waals surface area contributed by atoms with Gasteiger partial charge in [-0.3, -0.25) is 9.97 Å². The SMILES string of the molecule is c1ccc(-c2nc(-c3ccccc3)nc(-c3ccc(-c4ccc(-c5ccncc5)cn4)cc3)n2)cc1. The summed E-state index contributed by atoms with van der Waals surface area (Å²) in [6.45, 7) is 0. The van der Waals surface area contributed by atoms with E-state index in [1.165, 1.54) is 0 Å². The Morgan fingerprint density at radius 2 is 0.833 bits per heavy atom. The van der Waals surface area contributed by atoms with Crippen molar-refractivity contribution in [3.63, 3.8) is 0 Å². The zero-order chi connectivity index (χ0) is 24.2. The van der Waals surface area contributed by atoms with Crippen molar-refractivity contribution in [1.82, 2.24) is 24.9 Å². The number of benzene rings is 3. The lowest BCUT2D eigenvalue weighted by molar-refractivity contribution is 1.07. The Labute approximate surface area is 209 Å². The zero-order valence-electron chi connectivity index (χ0n) is 19.4. The fourth-order valence-electron chi connectivity index (χ4n) is 4.01. The molecule has 6 rings (SSSR count). The molecule has 0 unspecified atom stereocenters. The highest BCUT2D eigenvalue weighted by molar-refractivity contribution is 5.70. The minimum Gasteiger partial charge on any atom is -0.265 e. The monoisotopic (exact) mass is 463 g/mol. The zero-order valence-corrected chi connectivity index (χ0v) is 19.4. The summed E-state index contributed by atoms with van der Waals surface area (Å²) in [5.41, 5.74) is 6.92. The van der Waals surface area contributed by atoms with Gasteiger partial charge in [0.1, 0.15) is 0 Å². The number of aromatic nitrogens is 5. The summed E-state index contributed by atoms with van der Waals surface area (Å²) in [6, 6.07) is 36.2. The Morgan fingerprint density at radius 1 is 0.361 bits per heavy atom. The van der Waals surface area contributed by atoms with Crippen LogP contribution in [-0.2, 0) is 0 Å². The van der Waals surface area contributed by atoms with E-state index >= 15 is 0 Å². The minimum atomic E-state index is 0.634. The van der Waals surface area contributed by atoms with Gasteiger partial charge in [0.05, 0.1) is 5.69 Å². The van der Waals surface area contributed by atoms with Gasteiger partial charge in [-0.25, -0.2) is 15.0 Å². The van der Waals surface area contributed by atoms with E-state index in [9.17, 15) is 0 Å². The fraction of sp³-hybridized carbons (Fsp3) is 0. The van der Waals surface area contributed by atoms with Crippen molar-refractivity contribution in [2.75, 3.05) is 0 Å². The highest BCUT2D eigenvalue weighted by Gasteiger charge is 2.12. The summed E-state index contributed by atoms with van der Waals surface area (Å²) in [4.78, 5) is 23.1. The molecule has 5 nitrogen and oxygen atoms in total. The molecule has 3 aromatic heterocycles. The van der Waals surface area contributed by atoms with E-state index in [2.05, 4.69) is 28.2 Å². The molecule has 6 aromatic rings. The van der Waals surface area contributed by atoms with Crippen LogP contribution in [0.4, 0.5) is 0 Å². The van der Waals surface area contributed by atoms with E-state index in [1.54, 1.807) is 12.4 Å². The second kappa shape index (κ2) is 9.68. The van der Waals surface area contributed by atoms with E-state index in [-0.39, 0.29) is 0 Å². The second-order valence-corrected chi connectivity index (χ2v) is 8.28. The largest absolute Gasteiger partial charge is 0.265 e. The Hall–Kier alpha value is -5.03. The van der Waals surface area contributed by atoms with Gasteiger partial charge in [0, 0.05) is 46.4 Å². The van der Waals surface area contributed by atoms with Crippen LogP contribution in [0.3, 0.4) is 0 Å². The Bertz CT molecular complexity index is 1530. The molecule has 0 saturated carbocycles. The van der Waals surface area contributed by atoms with Gasteiger partial charge in [-0.1, -0.05) is 91.0 Å². The molecule has 0 atom stereocenters. The average Bonchev–Trinajstić information content (AvgIpc) is 2.98. The summed E-state index contributed by atoms with van der Waals surface area (Å²) in [5, 5.41) is 0. The Morgan fingerprint density at radius 3 is 1.33 bits per heavy atom. The van der Waals surface area contributed by atoms with Crippen LogP contribution < -0.4 is 0 Å². The summed E-state index contributed by atoms with van der Waals surface area (Å²) in [6.07, 6.45) is 5.47. The second-order valence-electron chi connectivity index (χ2n) is 8.28. The standard InChI is InChI=1S/C31H21N5/c1-3-7-24(8-4-1)29-34-30(25-9-5-2-6-10-25)36-31(35-29)26-13-11-23(12-14-26)28-16-15-27(21-33-28)22-17-19-32-20-18-22/h1-21H. The van der Waals surface area contributed by atoms with Crippen molar-refractivity contribution in [3.8, 4) is 56.5 Å². The summed E-state index contributed by atoms with van der Waals surface area (Å²) >= 11 is 0. The summed E-state index contributed by atoms with van der Waals surface area (Å²) in [7, 11) is 0. The van der Waals surface area contributed by atoms with Crippen molar-refractivity contribution in [2.24, 2.45) is 0 Å². The molecular weight excluding hydrogens is 442 g/mol. The normalized spacial score (nSPS) is 10.8. The molecule has 0 fully saturated rings. The number of pyridine rings is 2. The third-order valence-electron chi connectivity index (χ3n) is 5.92. The molecule has 0 amide bonds. The highest BCUT2D eigenvalue weighted by Crippen LogP contribution is 2.27. The molecule has 0 aliphatic carbocycles. The maximum atomic E-state index is 4.80. The van der Waals surface area contributed by atoms with Crippen LogP contribution in [0.5, 0.6) is 0 Å². The Kier molecular flexibility index (Phi) is 5.78. The molecule has 0 aliphatic rings. The van der Waals surface area contributed by atoms with Crippen LogP contribution in [-0.4, -0.2) is 24.9 Å². The molecule has 0 spiro atoms.